The third-order valence-electron chi connectivity index (χ3n) is 2.38. The van der Waals surface area contributed by atoms with E-state index < -0.39 is 0 Å². The highest BCUT2D eigenvalue weighted by molar-refractivity contribution is 5.94. The summed E-state index contributed by atoms with van der Waals surface area (Å²) < 4.78 is 5.40. The molecule has 0 aromatic heterocycles. The first-order valence-electron chi connectivity index (χ1n) is 5.73. The summed E-state index contributed by atoms with van der Waals surface area (Å²) in [4.78, 5) is 13.6. The molecule has 0 spiro atoms. The molecule has 0 atom stereocenters. The molecule has 0 unspecified atom stereocenters. The predicted molar refractivity (Wildman–Crippen MR) is 68.9 cm³/mol. The minimum absolute atomic E-state index is 0.0163. The number of anilines is 1. The SMILES string of the molecule is CC(C)OCCN(C)C(=O)c1ccc(N)cc1. The molecule has 0 radical (unpaired) electrons. The van der Waals surface area contributed by atoms with Crippen LogP contribution in [0.5, 0.6) is 0 Å². The highest BCUT2D eigenvalue weighted by Gasteiger charge is 2.10. The summed E-state index contributed by atoms with van der Waals surface area (Å²) in [7, 11) is 1.77. The topological polar surface area (TPSA) is 55.6 Å². The maximum atomic E-state index is 12.0. The standard InChI is InChI=1S/C13H20N2O2/c1-10(2)17-9-8-15(3)13(16)11-4-6-12(14)7-5-11/h4-7,10H,8-9,14H2,1-3H3. The van der Waals surface area contributed by atoms with E-state index in [1.165, 1.54) is 0 Å². The van der Waals surface area contributed by atoms with E-state index in [2.05, 4.69) is 0 Å². The van der Waals surface area contributed by atoms with Crippen LogP contribution in [0.2, 0.25) is 0 Å². The number of nitrogens with two attached hydrogens (primary N) is 1. The maximum absolute atomic E-state index is 12.0. The van der Waals surface area contributed by atoms with Gasteiger partial charge in [-0.1, -0.05) is 0 Å². The minimum Gasteiger partial charge on any atom is -0.399 e. The zero-order chi connectivity index (χ0) is 12.8. The van der Waals surface area contributed by atoms with Gasteiger partial charge in [0.1, 0.15) is 0 Å². The second-order valence-electron chi connectivity index (χ2n) is 4.27. The Morgan fingerprint density at radius 1 is 1.35 bits per heavy atom. The van der Waals surface area contributed by atoms with E-state index in [4.69, 9.17) is 10.5 Å². The molecule has 0 bridgehead atoms. The molecule has 0 saturated carbocycles. The summed E-state index contributed by atoms with van der Waals surface area (Å²) in [5.41, 5.74) is 6.88. The number of nitrogens with zero attached hydrogens (tertiary/aromatic N) is 1. The normalized spacial score (nSPS) is 10.6. The lowest BCUT2D eigenvalue weighted by molar-refractivity contribution is 0.0532. The highest BCUT2D eigenvalue weighted by Crippen LogP contribution is 2.07. The van der Waals surface area contributed by atoms with Crippen LogP contribution < -0.4 is 5.73 Å². The molecule has 94 valence electrons. The Hall–Kier alpha value is -1.55. The zero-order valence-corrected chi connectivity index (χ0v) is 10.6. The first kappa shape index (κ1) is 13.5. The van der Waals surface area contributed by atoms with Gasteiger partial charge in [-0.3, -0.25) is 4.79 Å². The fourth-order valence-electron chi connectivity index (χ4n) is 1.37. The summed E-state index contributed by atoms with van der Waals surface area (Å²) in [5.74, 6) is -0.0163. The summed E-state index contributed by atoms with van der Waals surface area (Å²) in [6.45, 7) is 5.08. The van der Waals surface area contributed by atoms with Gasteiger partial charge in [0.15, 0.2) is 0 Å². The van der Waals surface area contributed by atoms with Crippen LogP contribution in [0, 0.1) is 0 Å². The number of likely N-dealkylation sites (N-methyl/N-ethyl adjacent to an activating group) is 1. The Balaban J connectivity index is 2.49. The molecule has 4 nitrogen and oxygen atoms in total. The van der Waals surface area contributed by atoms with Gasteiger partial charge in [0.25, 0.3) is 5.91 Å². The Kier molecular flexibility index (Phi) is 4.97. The van der Waals surface area contributed by atoms with Crippen LogP contribution in [0.3, 0.4) is 0 Å². The third-order valence-corrected chi connectivity index (χ3v) is 2.38. The van der Waals surface area contributed by atoms with Crippen LogP contribution in [0.1, 0.15) is 24.2 Å². The van der Waals surface area contributed by atoms with E-state index in [1.807, 2.05) is 13.8 Å². The number of ether oxygens (including phenoxy) is 1. The van der Waals surface area contributed by atoms with E-state index in [1.54, 1.807) is 36.2 Å². The molecule has 1 aromatic rings. The van der Waals surface area contributed by atoms with Gasteiger partial charge >= 0.3 is 0 Å². The van der Waals surface area contributed by atoms with Gasteiger partial charge in [0.05, 0.1) is 12.7 Å². The Morgan fingerprint density at radius 3 is 2.47 bits per heavy atom. The monoisotopic (exact) mass is 236 g/mol. The Morgan fingerprint density at radius 2 is 1.94 bits per heavy atom. The molecule has 2 N–H and O–H groups in total. The fraction of sp³-hybridized carbons (Fsp3) is 0.462. The van der Waals surface area contributed by atoms with Crippen LogP contribution in [0.25, 0.3) is 0 Å². The predicted octanol–water partition coefficient (Wildman–Crippen LogP) is 1.77. The van der Waals surface area contributed by atoms with E-state index >= 15 is 0 Å². The van der Waals surface area contributed by atoms with E-state index in [-0.39, 0.29) is 12.0 Å². The molecule has 1 amide bonds. The number of nitrogen functional groups attached to an aromatic ring is 1. The van der Waals surface area contributed by atoms with E-state index in [9.17, 15) is 4.79 Å². The molecule has 0 aliphatic heterocycles. The zero-order valence-electron chi connectivity index (χ0n) is 10.6. The van der Waals surface area contributed by atoms with Gasteiger partial charge in [-0.15, -0.1) is 0 Å². The largest absolute Gasteiger partial charge is 0.399 e. The number of hydrogen-bond acceptors (Lipinski definition) is 3. The van der Waals surface area contributed by atoms with Gasteiger partial charge in [0.2, 0.25) is 0 Å². The molecule has 1 aromatic carbocycles. The molecule has 1 rings (SSSR count). The average molecular weight is 236 g/mol. The lowest BCUT2D eigenvalue weighted by Crippen LogP contribution is -2.30. The van der Waals surface area contributed by atoms with Crippen molar-refractivity contribution in [1.82, 2.24) is 4.90 Å². The smallest absolute Gasteiger partial charge is 0.253 e. The minimum atomic E-state index is -0.0163. The first-order valence-corrected chi connectivity index (χ1v) is 5.73. The van der Waals surface area contributed by atoms with Crippen molar-refractivity contribution >= 4 is 11.6 Å². The second-order valence-corrected chi connectivity index (χ2v) is 4.27. The van der Waals surface area contributed by atoms with Crippen LogP contribution in [0.15, 0.2) is 24.3 Å². The summed E-state index contributed by atoms with van der Waals surface area (Å²) in [6, 6.07) is 6.92. The summed E-state index contributed by atoms with van der Waals surface area (Å²) >= 11 is 0. The Bertz CT molecular complexity index is 360. The lowest BCUT2D eigenvalue weighted by Gasteiger charge is -2.18. The average Bonchev–Trinajstić information content (AvgIpc) is 2.28. The fourth-order valence-corrected chi connectivity index (χ4v) is 1.37. The van der Waals surface area contributed by atoms with E-state index in [0.717, 1.165) is 0 Å². The van der Waals surface area contributed by atoms with Crippen molar-refractivity contribution in [3.05, 3.63) is 29.8 Å². The van der Waals surface area contributed by atoms with Gasteiger partial charge in [0, 0.05) is 24.8 Å². The van der Waals surface area contributed by atoms with Crippen molar-refractivity contribution in [3.8, 4) is 0 Å². The molecule has 4 heteroatoms. The van der Waals surface area contributed by atoms with Crippen LogP contribution in [-0.2, 0) is 4.74 Å². The van der Waals surface area contributed by atoms with Gasteiger partial charge in [-0.25, -0.2) is 0 Å². The molecular weight excluding hydrogens is 216 g/mol. The molecule has 0 heterocycles. The van der Waals surface area contributed by atoms with Crippen molar-refractivity contribution in [3.63, 3.8) is 0 Å². The van der Waals surface area contributed by atoms with Crippen LogP contribution >= 0.6 is 0 Å². The second kappa shape index (κ2) is 6.25. The molecule has 0 aliphatic rings. The van der Waals surface area contributed by atoms with Crippen molar-refractivity contribution in [2.45, 2.75) is 20.0 Å². The number of benzene rings is 1. The van der Waals surface area contributed by atoms with Crippen molar-refractivity contribution in [1.29, 1.82) is 0 Å². The van der Waals surface area contributed by atoms with Crippen molar-refractivity contribution < 1.29 is 9.53 Å². The van der Waals surface area contributed by atoms with Crippen molar-refractivity contribution in [2.24, 2.45) is 0 Å². The molecule has 0 saturated heterocycles. The van der Waals surface area contributed by atoms with E-state index in [0.29, 0.717) is 24.4 Å². The first-order chi connectivity index (χ1) is 8.00. The summed E-state index contributed by atoms with van der Waals surface area (Å²) in [5, 5.41) is 0. The number of amides is 1. The third kappa shape index (κ3) is 4.44. The molecule has 0 fully saturated rings. The molecule has 17 heavy (non-hydrogen) atoms. The number of carbonyl (C=O) groups excluding carboxylic acids is 1. The van der Waals surface area contributed by atoms with Crippen LogP contribution in [0.4, 0.5) is 5.69 Å². The van der Waals surface area contributed by atoms with Gasteiger partial charge in [-0.05, 0) is 38.1 Å². The molecular formula is C13H20N2O2. The van der Waals surface area contributed by atoms with Gasteiger partial charge < -0.3 is 15.4 Å². The number of carbonyl (C=O) groups is 1. The quantitative estimate of drug-likeness (QED) is 0.793. The molecule has 0 aliphatic carbocycles. The lowest BCUT2D eigenvalue weighted by atomic mass is 10.2. The number of rotatable bonds is 5. The Labute approximate surface area is 102 Å². The summed E-state index contributed by atoms with van der Waals surface area (Å²) in [6.07, 6.45) is 0.190. The maximum Gasteiger partial charge on any atom is 0.253 e. The van der Waals surface area contributed by atoms with Crippen LogP contribution in [-0.4, -0.2) is 37.1 Å². The van der Waals surface area contributed by atoms with Crippen molar-refractivity contribution in [2.75, 3.05) is 25.9 Å². The van der Waals surface area contributed by atoms with Gasteiger partial charge in [-0.2, -0.15) is 0 Å². The highest BCUT2D eigenvalue weighted by atomic mass is 16.5. The number of hydrogen-bond donors (Lipinski definition) is 1.